The van der Waals surface area contributed by atoms with Crippen LogP contribution in [0.4, 0.5) is 0 Å². The molecule has 0 fully saturated rings. The van der Waals surface area contributed by atoms with Gasteiger partial charge in [-0.2, -0.15) is 0 Å². The summed E-state index contributed by atoms with van der Waals surface area (Å²) in [5.74, 6) is -1.39. The first-order chi connectivity index (χ1) is 7.82. The number of rotatable bonds is 3. The van der Waals surface area contributed by atoms with Crippen molar-refractivity contribution < 1.29 is 14.3 Å². The highest BCUT2D eigenvalue weighted by Crippen LogP contribution is 2.22. The minimum absolute atomic E-state index is 0.174. The van der Waals surface area contributed by atoms with Crippen LogP contribution < -0.4 is 0 Å². The molecule has 1 aromatic rings. The molecule has 1 atom stereocenters. The van der Waals surface area contributed by atoms with Crippen LogP contribution in [0.3, 0.4) is 0 Å². The third kappa shape index (κ3) is 3.70. The Morgan fingerprint density at radius 3 is 2.12 bits per heavy atom. The molecule has 17 heavy (non-hydrogen) atoms. The number of hydrogen-bond donors (Lipinski definition) is 0. The Balaban J connectivity index is 2.70. The maximum absolute atomic E-state index is 11.7. The van der Waals surface area contributed by atoms with Crippen LogP contribution in [0.15, 0.2) is 30.3 Å². The maximum atomic E-state index is 11.7. The van der Waals surface area contributed by atoms with E-state index in [-0.39, 0.29) is 11.5 Å². The summed E-state index contributed by atoms with van der Waals surface area (Å²) in [6.07, 6.45) is -0.303. The molecule has 3 nitrogen and oxygen atoms in total. The Bertz CT molecular complexity index is 401. The highest BCUT2D eigenvalue weighted by Gasteiger charge is 2.27. The normalized spacial score (nSPS) is 12.9. The van der Waals surface area contributed by atoms with Crippen molar-refractivity contribution in [2.24, 2.45) is 5.41 Å². The van der Waals surface area contributed by atoms with Crippen LogP contribution in [0.1, 0.15) is 38.1 Å². The van der Waals surface area contributed by atoms with Crippen LogP contribution in [0.25, 0.3) is 0 Å². The second-order valence-electron chi connectivity index (χ2n) is 5.11. The van der Waals surface area contributed by atoms with Crippen molar-refractivity contribution in [3.05, 3.63) is 35.9 Å². The van der Waals surface area contributed by atoms with Crippen molar-refractivity contribution in [2.45, 2.75) is 33.8 Å². The van der Waals surface area contributed by atoms with E-state index >= 15 is 0 Å². The summed E-state index contributed by atoms with van der Waals surface area (Å²) >= 11 is 0. The molecule has 0 bridgehead atoms. The molecule has 0 saturated heterocycles. The molecule has 0 N–H and O–H groups in total. The van der Waals surface area contributed by atoms with Gasteiger partial charge in [-0.1, -0.05) is 51.1 Å². The fraction of sp³-hybridized carbons (Fsp3) is 0.429. The lowest BCUT2D eigenvalue weighted by Gasteiger charge is -2.26. The summed E-state index contributed by atoms with van der Waals surface area (Å²) in [7, 11) is 0. The van der Waals surface area contributed by atoms with Gasteiger partial charge in [0.15, 0.2) is 0 Å². The van der Waals surface area contributed by atoms with E-state index in [4.69, 9.17) is 4.74 Å². The quantitative estimate of drug-likeness (QED) is 0.459. The van der Waals surface area contributed by atoms with Gasteiger partial charge in [-0.3, -0.25) is 4.79 Å². The first-order valence-corrected chi connectivity index (χ1v) is 5.62. The van der Waals surface area contributed by atoms with Crippen LogP contribution in [-0.4, -0.2) is 17.9 Å². The van der Waals surface area contributed by atoms with Gasteiger partial charge in [-0.05, 0) is 12.3 Å². The van der Waals surface area contributed by atoms with E-state index in [1.165, 1.54) is 0 Å². The van der Waals surface area contributed by atoms with Gasteiger partial charge in [-0.15, -0.1) is 0 Å². The molecule has 0 saturated carbocycles. The molecule has 0 amide bonds. The minimum Gasteiger partial charge on any atom is -0.456 e. The van der Waals surface area contributed by atoms with E-state index in [2.05, 4.69) is 0 Å². The smallest absolute Gasteiger partial charge is 0.379 e. The largest absolute Gasteiger partial charge is 0.456 e. The first kappa shape index (κ1) is 13.4. The summed E-state index contributed by atoms with van der Waals surface area (Å²) < 4.78 is 5.14. The summed E-state index contributed by atoms with van der Waals surface area (Å²) in [4.78, 5) is 23.4. The zero-order chi connectivity index (χ0) is 13.1. The summed E-state index contributed by atoms with van der Waals surface area (Å²) in [5.41, 5.74) is 0.186. The zero-order valence-corrected chi connectivity index (χ0v) is 10.7. The minimum atomic E-state index is -0.793. The molecule has 0 unspecified atom stereocenters. The zero-order valence-electron chi connectivity index (χ0n) is 10.7. The summed E-state index contributed by atoms with van der Waals surface area (Å²) in [6.45, 7) is 7.66. The number of ketones is 1. The number of carbonyl (C=O) groups is 2. The number of Topliss-reactive ketones (excluding diaryl/α,β-unsaturated/α-hetero) is 1. The molecular weight excluding hydrogens is 216 g/mol. The van der Waals surface area contributed by atoms with Gasteiger partial charge >= 0.3 is 5.97 Å². The number of esters is 1. The summed E-state index contributed by atoms with van der Waals surface area (Å²) in [5, 5.41) is 0. The van der Waals surface area contributed by atoms with E-state index in [9.17, 15) is 9.59 Å². The van der Waals surface area contributed by atoms with Crippen LogP contribution >= 0.6 is 0 Å². The molecule has 0 aliphatic rings. The fourth-order valence-corrected chi connectivity index (χ4v) is 1.10. The standard InChI is InChI=1S/C14H18O3/c1-10(14(2,3)4)17-13(16)12(15)11-8-6-5-7-9-11/h5-10H,1-4H3/t10-/m1/s1. The number of carbonyl (C=O) groups excluding carboxylic acids is 2. The Kier molecular flexibility index (Phi) is 4.05. The van der Waals surface area contributed by atoms with E-state index in [1.807, 2.05) is 20.8 Å². The average Bonchev–Trinajstić information content (AvgIpc) is 2.27. The van der Waals surface area contributed by atoms with Crippen molar-refractivity contribution in [3.63, 3.8) is 0 Å². The van der Waals surface area contributed by atoms with Crippen LogP contribution in [0, 0.1) is 5.41 Å². The van der Waals surface area contributed by atoms with E-state index in [0.29, 0.717) is 5.56 Å². The van der Waals surface area contributed by atoms with Crippen molar-refractivity contribution >= 4 is 11.8 Å². The van der Waals surface area contributed by atoms with Crippen LogP contribution in [-0.2, 0) is 9.53 Å². The molecule has 0 heterocycles. The third-order valence-electron chi connectivity index (χ3n) is 2.72. The van der Waals surface area contributed by atoms with Gasteiger partial charge in [0.1, 0.15) is 6.10 Å². The Morgan fingerprint density at radius 2 is 1.65 bits per heavy atom. The van der Waals surface area contributed by atoms with Gasteiger partial charge in [0.05, 0.1) is 0 Å². The van der Waals surface area contributed by atoms with Crippen LogP contribution in [0.2, 0.25) is 0 Å². The Hall–Kier alpha value is -1.64. The van der Waals surface area contributed by atoms with Gasteiger partial charge in [0, 0.05) is 5.56 Å². The molecule has 92 valence electrons. The predicted octanol–water partition coefficient (Wildman–Crippen LogP) is 2.85. The molecule has 0 radical (unpaired) electrons. The molecule has 0 aliphatic carbocycles. The lowest BCUT2D eigenvalue weighted by Crippen LogP contribution is -2.31. The molecule has 0 spiro atoms. The predicted molar refractivity (Wildman–Crippen MR) is 65.8 cm³/mol. The molecule has 0 aromatic heterocycles. The maximum Gasteiger partial charge on any atom is 0.379 e. The molecule has 0 aliphatic heterocycles. The first-order valence-electron chi connectivity index (χ1n) is 5.62. The van der Waals surface area contributed by atoms with Crippen LogP contribution in [0.5, 0.6) is 0 Å². The van der Waals surface area contributed by atoms with E-state index < -0.39 is 11.8 Å². The molecule has 3 heteroatoms. The monoisotopic (exact) mass is 234 g/mol. The Labute approximate surface area is 102 Å². The van der Waals surface area contributed by atoms with Crippen molar-refractivity contribution in [3.8, 4) is 0 Å². The van der Waals surface area contributed by atoms with Crippen molar-refractivity contribution in [2.75, 3.05) is 0 Å². The SMILES string of the molecule is C[C@@H](OC(=O)C(=O)c1ccccc1)C(C)(C)C. The van der Waals surface area contributed by atoms with Crippen molar-refractivity contribution in [1.29, 1.82) is 0 Å². The second kappa shape index (κ2) is 5.13. The number of hydrogen-bond acceptors (Lipinski definition) is 3. The van der Waals surface area contributed by atoms with E-state index in [0.717, 1.165) is 0 Å². The lowest BCUT2D eigenvalue weighted by atomic mass is 9.90. The highest BCUT2D eigenvalue weighted by molar-refractivity contribution is 6.40. The van der Waals surface area contributed by atoms with Gasteiger partial charge in [-0.25, -0.2) is 4.79 Å². The second-order valence-corrected chi connectivity index (χ2v) is 5.11. The number of benzene rings is 1. The van der Waals surface area contributed by atoms with Gasteiger partial charge in [0.2, 0.25) is 0 Å². The van der Waals surface area contributed by atoms with Crippen molar-refractivity contribution in [1.82, 2.24) is 0 Å². The van der Waals surface area contributed by atoms with E-state index in [1.54, 1.807) is 37.3 Å². The number of ether oxygens (including phenoxy) is 1. The lowest BCUT2D eigenvalue weighted by molar-refractivity contribution is -0.147. The van der Waals surface area contributed by atoms with Gasteiger partial charge in [0.25, 0.3) is 5.78 Å². The third-order valence-corrected chi connectivity index (χ3v) is 2.72. The highest BCUT2D eigenvalue weighted by atomic mass is 16.5. The molecule has 1 rings (SSSR count). The molecule has 1 aromatic carbocycles. The van der Waals surface area contributed by atoms with Gasteiger partial charge < -0.3 is 4.74 Å². The molecular formula is C14H18O3. The topological polar surface area (TPSA) is 43.4 Å². The Morgan fingerprint density at radius 1 is 1.12 bits per heavy atom. The average molecular weight is 234 g/mol. The summed E-state index contributed by atoms with van der Waals surface area (Å²) in [6, 6.07) is 8.43. The fourth-order valence-electron chi connectivity index (χ4n) is 1.10.